The molecule has 1 heterocycles. The van der Waals surface area contributed by atoms with E-state index in [1.165, 1.54) is 4.57 Å². The summed E-state index contributed by atoms with van der Waals surface area (Å²) in [6.07, 6.45) is 0.288. The Morgan fingerprint density at radius 2 is 2.00 bits per heavy atom. The van der Waals surface area contributed by atoms with Crippen LogP contribution >= 0.6 is 12.2 Å². The largest absolute Gasteiger partial charge is 0.497 e. The van der Waals surface area contributed by atoms with Gasteiger partial charge in [-0.1, -0.05) is 12.1 Å². The normalized spacial score (nSPS) is 10.5. The van der Waals surface area contributed by atoms with Gasteiger partial charge in [-0.25, -0.2) is 0 Å². The molecule has 2 N–H and O–H groups in total. The zero-order valence-electron chi connectivity index (χ0n) is 13.0. The predicted molar refractivity (Wildman–Crippen MR) is 88.7 cm³/mol. The molecule has 2 rings (SSSR count). The van der Waals surface area contributed by atoms with E-state index in [0.717, 1.165) is 11.3 Å². The number of H-pyrrole nitrogens is 1. The third-order valence-electron chi connectivity index (χ3n) is 3.61. The number of carbonyl (C=O) groups is 1. The van der Waals surface area contributed by atoms with Gasteiger partial charge in [-0.05, 0) is 43.3 Å². The molecule has 0 aliphatic carbocycles. The topological polar surface area (TPSA) is 84.3 Å². The van der Waals surface area contributed by atoms with E-state index >= 15 is 0 Å². The number of methoxy groups -OCH3 is 1. The van der Waals surface area contributed by atoms with E-state index in [0.29, 0.717) is 23.4 Å². The SMILES string of the molecule is COc1ccc(CCn2c(=S)[nH]c(C)c(CC(=O)O)c2=O)cc1. The molecule has 1 aromatic heterocycles. The first kappa shape index (κ1) is 17.0. The summed E-state index contributed by atoms with van der Waals surface area (Å²) in [6.45, 7) is 2.04. The Labute approximate surface area is 138 Å². The molecule has 23 heavy (non-hydrogen) atoms. The molecule has 1 aromatic carbocycles. The van der Waals surface area contributed by atoms with Gasteiger partial charge in [0.05, 0.1) is 13.5 Å². The fourth-order valence-electron chi connectivity index (χ4n) is 2.31. The smallest absolute Gasteiger partial charge is 0.308 e. The first-order chi connectivity index (χ1) is 10.9. The van der Waals surface area contributed by atoms with Crippen LogP contribution in [0, 0.1) is 11.7 Å². The second-order valence-corrected chi connectivity index (χ2v) is 5.55. The molecule has 7 heteroatoms. The van der Waals surface area contributed by atoms with E-state index in [2.05, 4.69) is 4.98 Å². The van der Waals surface area contributed by atoms with Crippen molar-refractivity contribution in [2.24, 2.45) is 0 Å². The Morgan fingerprint density at radius 3 is 2.57 bits per heavy atom. The van der Waals surface area contributed by atoms with E-state index < -0.39 is 5.97 Å². The number of hydrogen-bond donors (Lipinski definition) is 2. The van der Waals surface area contributed by atoms with Gasteiger partial charge < -0.3 is 14.8 Å². The second-order valence-electron chi connectivity index (χ2n) is 5.16. The number of aliphatic carboxylic acids is 1. The summed E-state index contributed by atoms with van der Waals surface area (Å²) in [4.78, 5) is 26.3. The molecule has 0 aliphatic rings. The van der Waals surface area contributed by atoms with E-state index in [-0.39, 0.29) is 17.5 Å². The summed E-state index contributed by atoms with van der Waals surface area (Å²) >= 11 is 5.20. The van der Waals surface area contributed by atoms with Crippen molar-refractivity contribution in [2.75, 3.05) is 7.11 Å². The summed E-state index contributed by atoms with van der Waals surface area (Å²) in [5, 5.41) is 8.93. The number of aromatic nitrogens is 2. The maximum Gasteiger partial charge on any atom is 0.308 e. The predicted octanol–water partition coefficient (Wildman–Crippen LogP) is 2.09. The zero-order chi connectivity index (χ0) is 17.0. The van der Waals surface area contributed by atoms with Crippen LogP contribution in [-0.4, -0.2) is 27.7 Å². The maximum absolute atomic E-state index is 12.5. The number of nitrogens with one attached hydrogen (secondary N) is 1. The molecule has 0 atom stereocenters. The lowest BCUT2D eigenvalue weighted by molar-refractivity contribution is -0.136. The van der Waals surface area contributed by atoms with Gasteiger partial charge in [-0.3, -0.25) is 14.2 Å². The van der Waals surface area contributed by atoms with Crippen molar-refractivity contribution in [3.8, 4) is 5.75 Å². The van der Waals surface area contributed by atoms with Crippen LogP contribution in [0.1, 0.15) is 16.8 Å². The zero-order valence-corrected chi connectivity index (χ0v) is 13.8. The highest BCUT2D eigenvalue weighted by molar-refractivity contribution is 7.71. The van der Waals surface area contributed by atoms with Crippen molar-refractivity contribution in [3.05, 3.63) is 56.2 Å². The summed E-state index contributed by atoms with van der Waals surface area (Å²) in [6, 6.07) is 7.54. The molecular weight excluding hydrogens is 316 g/mol. The van der Waals surface area contributed by atoms with E-state index in [1.807, 2.05) is 24.3 Å². The fourth-order valence-corrected chi connectivity index (χ4v) is 2.64. The summed E-state index contributed by atoms with van der Waals surface area (Å²) in [7, 11) is 1.60. The highest BCUT2D eigenvalue weighted by atomic mass is 32.1. The van der Waals surface area contributed by atoms with Crippen LogP contribution in [0.5, 0.6) is 5.75 Å². The minimum Gasteiger partial charge on any atom is -0.497 e. The maximum atomic E-state index is 12.5. The van der Waals surface area contributed by atoms with Crippen molar-refractivity contribution >= 4 is 18.2 Å². The first-order valence-electron chi connectivity index (χ1n) is 7.09. The van der Waals surface area contributed by atoms with E-state index in [4.69, 9.17) is 22.1 Å². The molecule has 0 bridgehead atoms. The number of benzene rings is 1. The molecule has 0 aliphatic heterocycles. The lowest BCUT2D eigenvalue weighted by Gasteiger charge is -2.11. The van der Waals surface area contributed by atoms with Gasteiger partial charge >= 0.3 is 5.97 Å². The molecule has 0 amide bonds. The Bertz CT molecular complexity index is 821. The molecule has 0 unspecified atom stereocenters. The van der Waals surface area contributed by atoms with Crippen LogP contribution in [0.15, 0.2) is 29.1 Å². The lowest BCUT2D eigenvalue weighted by atomic mass is 10.1. The van der Waals surface area contributed by atoms with Gasteiger partial charge in [0, 0.05) is 17.8 Å². The summed E-state index contributed by atoms with van der Waals surface area (Å²) < 4.78 is 6.81. The van der Waals surface area contributed by atoms with Gasteiger partial charge in [0.1, 0.15) is 5.75 Å². The van der Waals surface area contributed by atoms with Crippen LogP contribution in [0.25, 0.3) is 0 Å². The highest BCUT2D eigenvalue weighted by Gasteiger charge is 2.13. The Balaban J connectivity index is 2.26. The van der Waals surface area contributed by atoms with Gasteiger partial charge in [-0.2, -0.15) is 0 Å². The molecule has 2 aromatic rings. The summed E-state index contributed by atoms with van der Waals surface area (Å²) in [5.74, 6) is -0.278. The number of ether oxygens (including phenoxy) is 1. The molecule has 0 spiro atoms. The fraction of sp³-hybridized carbons (Fsp3) is 0.312. The third-order valence-corrected chi connectivity index (χ3v) is 3.93. The Hall–Kier alpha value is -2.41. The van der Waals surface area contributed by atoms with Gasteiger partial charge in [0.25, 0.3) is 5.56 Å². The van der Waals surface area contributed by atoms with Crippen LogP contribution in [0.2, 0.25) is 0 Å². The highest BCUT2D eigenvalue weighted by Crippen LogP contribution is 2.12. The van der Waals surface area contributed by atoms with Gasteiger partial charge in [0.15, 0.2) is 4.77 Å². The number of rotatable bonds is 6. The van der Waals surface area contributed by atoms with Crippen LogP contribution in [0.4, 0.5) is 0 Å². The minimum absolute atomic E-state index is 0.237. The number of hydrogen-bond acceptors (Lipinski definition) is 4. The van der Waals surface area contributed by atoms with Crippen LogP contribution in [-0.2, 0) is 24.2 Å². The lowest BCUT2D eigenvalue weighted by Crippen LogP contribution is -2.29. The van der Waals surface area contributed by atoms with Crippen molar-refractivity contribution in [2.45, 2.75) is 26.3 Å². The number of carboxylic acid groups (broad SMARTS) is 1. The second kappa shape index (κ2) is 7.23. The molecule has 0 saturated carbocycles. The van der Waals surface area contributed by atoms with Crippen molar-refractivity contribution in [1.82, 2.24) is 9.55 Å². The van der Waals surface area contributed by atoms with Crippen molar-refractivity contribution in [1.29, 1.82) is 0 Å². The van der Waals surface area contributed by atoms with Crippen LogP contribution in [0.3, 0.4) is 0 Å². The van der Waals surface area contributed by atoms with Crippen molar-refractivity contribution < 1.29 is 14.6 Å². The van der Waals surface area contributed by atoms with E-state index in [1.54, 1.807) is 14.0 Å². The van der Waals surface area contributed by atoms with Crippen molar-refractivity contribution in [3.63, 3.8) is 0 Å². The van der Waals surface area contributed by atoms with Gasteiger partial charge in [0.2, 0.25) is 0 Å². The monoisotopic (exact) mass is 334 g/mol. The third kappa shape index (κ3) is 4.07. The Morgan fingerprint density at radius 1 is 1.35 bits per heavy atom. The molecule has 122 valence electrons. The summed E-state index contributed by atoms with van der Waals surface area (Å²) in [5.41, 5.74) is 1.43. The standard InChI is InChI=1S/C16H18N2O4S/c1-10-13(9-14(19)20)15(21)18(16(23)17-10)8-7-11-3-5-12(22-2)6-4-11/h3-6H,7-9H2,1-2H3,(H,17,23)(H,19,20). The Kier molecular flexibility index (Phi) is 5.33. The number of nitrogens with zero attached hydrogens (tertiary/aromatic N) is 1. The average Bonchev–Trinajstić information content (AvgIpc) is 2.51. The van der Waals surface area contributed by atoms with E-state index in [9.17, 15) is 9.59 Å². The van der Waals surface area contributed by atoms with Crippen LogP contribution < -0.4 is 10.3 Å². The quantitative estimate of drug-likeness (QED) is 0.790. The number of aryl methyl sites for hydroxylation is 2. The molecule has 0 saturated heterocycles. The number of carboxylic acids is 1. The molecule has 6 nitrogen and oxygen atoms in total. The first-order valence-corrected chi connectivity index (χ1v) is 7.50. The minimum atomic E-state index is -1.04. The molecular formula is C16H18N2O4S. The average molecular weight is 334 g/mol. The molecule has 0 radical (unpaired) electrons. The molecule has 0 fully saturated rings. The van der Waals surface area contributed by atoms with Gasteiger partial charge in [-0.15, -0.1) is 0 Å². The number of aromatic amines is 1.